The van der Waals surface area contributed by atoms with E-state index < -0.39 is 6.43 Å². The Labute approximate surface area is 109 Å². The van der Waals surface area contributed by atoms with Crippen LogP contribution in [-0.4, -0.2) is 36.4 Å². The van der Waals surface area contributed by atoms with Gasteiger partial charge >= 0.3 is 0 Å². The average Bonchev–Trinajstić information content (AvgIpc) is 2.87. The van der Waals surface area contributed by atoms with Crippen LogP contribution in [0, 0.1) is 5.92 Å². The summed E-state index contributed by atoms with van der Waals surface area (Å²) in [4.78, 5) is 2.06. The van der Waals surface area contributed by atoms with Crippen LogP contribution in [0.3, 0.4) is 0 Å². The minimum absolute atomic E-state index is 0.181. The molecule has 0 spiro atoms. The molecule has 2 heterocycles. The zero-order valence-corrected chi connectivity index (χ0v) is 11.2. The summed E-state index contributed by atoms with van der Waals surface area (Å²) < 4.78 is 24.9. The van der Waals surface area contributed by atoms with Gasteiger partial charge in [0.1, 0.15) is 0 Å². The van der Waals surface area contributed by atoms with Crippen molar-refractivity contribution in [1.29, 1.82) is 0 Å². The number of hydrogen-bond acceptors (Lipinski definition) is 5. The van der Waals surface area contributed by atoms with Crippen molar-refractivity contribution in [3.05, 3.63) is 5.01 Å². The van der Waals surface area contributed by atoms with Gasteiger partial charge in [-0.15, -0.1) is 10.2 Å². The van der Waals surface area contributed by atoms with E-state index in [1.807, 2.05) is 0 Å². The van der Waals surface area contributed by atoms with Gasteiger partial charge in [0.15, 0.2) is 5.01 Å². The Morgan fingerprint density at radius 1 is 1.39 bits per heavy atom. The van der Waals surface area contributed by atoms with E-state index in [2.05, 4.69) is 27.3 Å². The molecule has 0 radical (unpaired) electrons. The number of nitrogens with one attached hydrogen (secondary N) is 1. The third kappa shape index (κ3) is 3.35. The fourth-order valence-corrected chi connectivity index (χ4v) is 2.87. The van der Waals surface area contributed by atoms with Crippen LogP contribution in [0.1, 0.15) is 31.2 Å². The number of aromatic nitrogens is 2. The second-order valence-corrected chi connectivity index (χ2v) is 5.45. The molecule has 1 aliphatic heterocycles. The lowest BCUT2D eigenvalue weighted by Gasteiger charge is -2.31. The molecule has 0 aromatic carbocycles. The van der Waals surface area contributed by atoms with Gasteiger partial charge in [0.05, 0.1) is 0 Å². The van der Waals surface area contributed by atoms with Crippen molar-refractivity contribution < 1.29 is 8.78 Å². The molecule has 1 saturated heterocycles. The van der Waals surface area contributed by atoms with E-state index >= 15 is 0 Å². The normalized spacial score (nSPS) is 17.7. The van der Waals surface area contributed by atoms with Crippen LogP contribution in [-0.2, 0) is 0 Å². The first-order valence-corrected chi connectivity index (χ1v) is 7.09. The van der Waals surface area contributed by atoms with Gasteiger partial charge in [-0.25, -0.2) is 8.78 Å². The summed E-state index contributed by atoms with van der Waals surface area (Å²) in [5, 5.41) is 11.2. The highest BCUT2D eigenvalue weighted by atomic mass is 32.1. The predicted octanol–water partition coefficient (Wildman–Crippen LogP) is 2.30. The van der Waals surface area contributed by atoms with E-state index in [0.717, 1.165) is 50.4 Å². The van der Waals surface area contributed by atoms with Crippen LogP contribution in [0.15, 0.2) is 0 Å². The number of nitrogens with zero attached hydrogens (tertiary/aromatic N) is 3. The molecule has 1 aromatic heterocycles. The van der Waals surface area contributed by atoms with Crippen LogP contribution in [0.5, 0.6) is 0 Å². The van der Waals surface area contributed by atoms with Gasteiger partial charge in [-0.2, -0.15) is 0 Å². The summed E-state index contributed by atoms with van der Waals surface area (Å²) in [5.41, 5.74) is 0. The second kappa shape index (κ2) is 6.38. The Hall–Kier alpha value is -0.820. The molecule has 0 atom stereocenters. The molecular weight excluding hydrogens is 258 g/mol. The highest BCUT2D eigenvalue weighted by Crippen LogP contribution is 2.30. The highest BCUT2D eigenvalue weighted by Gasteiger charge is 2.23. The fourth-order valence-electron chi connectivity index (χ4n) is 2.12. The third-order valence-corrected chi connectivity index (χ3v) is 4.18. The van der Waals surface area contributed by atoms with Crippen LogP contribution in [0.25, 0.3) is 0 Å². The second-order valence-electron chi connectivity index (χ2n) is 4.46. The number of rotatable bonds is 5. The Bertz CT molecular complexity index is 364. The van der Waals surface area contributed by atoms with Gasteiger partial charge in [0.25, 0.3) is 6.43 Å². The van der Waals surface area contributed by atoms with Crippen molar-refractivity contribution in [3.63, 3.8) is 0 Å². The third-order valence-electron chi connectivity index (χ3n) is 3.18. The van der Waals surface area contributed by atoms with Crippen molar-refractivity contribution >= 4 is 16.5 Å². The molecule has 7 heteroatoms. The maximum absolute atomic E-state index is 12.4. The average molecular weight is 276 g/mol. The topological polar surface area (TPSA) is 41.0 Å². The summed E-state index contributed by atoms with van der Waals surface area (Å²) in [6, 6.07) is 0. The summed E-state index contributed by atoms with van der Waals surface area (Å²) in [7, 11) is 0. The number of anilines is 1. The van der Waals surface area contributed by atoms with Crippen LogP contribution in [0.4, 0.5) is 13.9 Å². The first kappa shape index (κ1) is 13.6. The van der Waals surface area contributed by atoms with Gasteiger partial charge in [0, 0.05) is 13.1 Å². The first-order valence-electron chi connectivity index (χ1n) is 6.28. The first-order chi connectivity index (χ1) is 8.70. The maximum atomic E-state index is 12.4. The molecule has 0 saturated carbocycles. The molecule has 1 fully saturated rings. The van der Waals surface area contributed by atoms with E-state index in [1.165, 1.54) is 0 Å². The minimum Gasteiger partial charge on any atom is -0.347 e. The Morgan fingerprint density at radius 3 is 2.67 bits per heavy atom. The summed E-state index contributed by atoms with van der Waals surface area (Å²) in [6.45, 7) is 5.90. The van der Waals surface area contributed by atoms with E-state index in [1.54, 1.807) is 0 Å². The minimum atomic E-state index is -2.51. The molecule has 1 N–H and O–H groups in total. The van der Waals surface area contributed by atoms with Gasteiger partial charge in [-0.05, 0) is 31.8 Å². The van der Waals surface area contributed by atoms with Gasteiger partial charge in [-0.3, -0.25) is 0 Å². The van der Waals surface area contributed by atoms with Crippen LogP contribution in [0.2, 0.25) is 0 Å². The molecular formula is C11H18F2N4S. The molecule has 102 valence electrons. The van der Waals surface area contributed by atoms with Gasteiger partial charge in [-0.1, -0.05) is 18.3 Å². The molecule has 1 aliphatic rings. The predicted molar refractivity (Wildman–Crippen MR) is 68.3 cm³/mol. The SMILES string of the molecule is CCNCC1CCN(c2nnc(C(F)F)s2)CC1. The highest BCUT2D eigenvalue weighted by molar-refractivity contribution is 7.15. The smallest absolute Gasteiger partial charge is 0.291 e. The molecule has 2 rings (SSSR count). The molecule has 0 bridgehead atoms. The summed E-state index contributed by atoms with van der Waals surface area (Å²) >= 11 is 1.00. The van der Waals surface area contributed by atoms with E-state index in [0.29, 0.717) is 11.0 Å². The number of piperidine rings is 1. The Morgan fingerprint density at radius 2 is 2.11 bits per heavy atom. The zero-order chi connectivity index (χ0) is 13.0. The van der Waals surface area contributed by atoms with Crippen molar-refractivity contribution in [1.82, 2.24) is 15.5 Å². The molecule has 1 aromatic rings. The number of halogens is 2. The number of hydrogen-bond donors (Lipinski definition) is 1. The lowest BCUT2D eigenvalue weighted by molar-refractivity contribution is 0.150. The maximum Gasteiger partial charge on any atom is 0.291 e. The lowest BCUT2D eigenvalue weighted by Crippen LogP contribution is -2.37. The van der Waals surface area contributed by atoms with E-state index in [4.69, 9.17) is 0 Å². The summed E-state index contributed by atoms with van der Waals surface area (Å²) in [6.07, 6.45) is -0.352. The molecule has 18 heavy (non-hydrogen) atoms. The lowest BCUT2D eigenvalue weighted by atomic mass is 9.97. The molecule has 4 nitrogen and oxygen atoms in total. The van der Waals surface area contributed by atoms with Crippen LogP contribution >= 0.6 is 11.3 Å². The largest absolute Gasteiger partial charge is 0.347 e. The van der Waals surface area contributed by atoms with Gasteiger partial charge < -0.3 is 10.2 Å². The zero-order valence-electron chi connectivity index (χ0n) is 10.4. The molecule has 0 amide bonds. The van der Waals surface area contributed by atoms with Crippen molar-refractivity contribution in [2.75, 3.05) is 31.1 Å². The summed E-state index contributed by atoms with van der Waals surface area (Å²) in [5.74, 6) is 0.684. The number of alkyl halides is 2. The van der Waals surface area contributed by atoms with E-state index in [-0.39, 0.29) is 5.01 Å². The van der Waals surface area contributed by atoms with Crippen LogP contribution < -0.4 is 10.2 Å². The van der Waals surface area contributed by atoms with Crippen molar-refractivity contribution in [3.8, 4) is 0 Å². The quantitative estimate of drug-likeness (QED) is 0.896. The fraction of sp³-hybridized carbons (Fsp3) is 0.818. The van der Waals surface area contributed by atoms with Crippen molar-refractivity contribution in [2.24, 2.45) is 5.92 Å². The van der Waals surface area contributed by atoms with Crippen molar-refractivity contribution in [2.45, 2.75) is 26.2 Å². The Balaban J connectivity index is 1.85. The molecule has 0 aliphatic carbocycles. The van der Waals surface area contributed by atoms with Gasteiger partial charge in [0.2, 0.25) is 5.13 Å². The van der Waals surface area contributed by atoms with E-state index in [9.17, 15) is 8.78 Å². The molecule has 0 unspecified atom stereocenters. The Kier molecular flexibility index (Phi) is 4.82. The monoisotopic (exact) mass is 276 g/mol. The standard InChI is InChI=1S/C11H18F2N4S/c1-2-14-7-8-3-5-17(6-4-8)11-16-15-10(18-11)9(12)13/h8-9,14H,2-7H2,1H3.